The topological polar surface area (TPSA) is 76.7 Å². The monoisotopic (exact) mass is 422 g/mol. The van der Waals surface area contributed by atoms with Gasteiger partial charge in [0.15, 0.2) is 5.78 Å². The first kappa shape index (κ1) is 22.4. The molecule has 2 aromatic rings. The van der Waals surface area contributed by atoms with Gasteiger partial charge < -0.3 is 14.8 Å². The van der Waals surface area contributed by atoms with Crippen molar-refractivity contribution in [1.82, 2.24) is 5.32 Å². The van der Waals surface area contributed by atoms with Crippen LogP contribution in [0, 0.1) is 5.92 Å². The molecule has 31 heavy (non-hydrogen) atoms. The number of carbonyl (C=O) groups excluding carboxylic acids is 2. The largest absolute Gasteiger partial charge is 0.497 e. The number of hydrogen-bond acceptors (Lipinski definition) is 5. The summed E-state index contributed by atoms with van der Waals surface area (Å²) in [7, 11) is 1.63. The third-order valence-electron chi connectivity index (χ3n) is 4.95. The van der Waals surface area contributed by atoms with Crippen LogP contribution in [0.1, 0.15) is 49.2 Å². The van der Waals surface area contributed by atoms with Crippen LogP contribution in [-0.4, -0.2) is 31.1 Å². The summed E-state index contributed by atoms with van der Waals surface area (Å²) in [5.74, 6) is 0.892. The van der Waals surface area contributed by atoms with Gasteiger partial charge in [0.1, 0.15) is 5.75 Å². The van der Waals surface area contributed by atoms with Crippen LogP contribution < -0.4 is 15.4 Å². The van der Waals surface area contributed by atoms with E-state index in [2.05, 4.69) is 24.5 Å². The average Bonchev–Trinajstić information content (AvgIpc) is 2.71. The number of fused-ring (bicyclic) bond motifs is 1. The van der Waals surface area contributed by atoms with E-state index in [0.717, 1.165) is 23.4 Å². The summed E-state index contributed by atoms with van der Waals surface area (Å²) in [4.78, 5) is 24.7. The SMILES string of the molecule is COc1ccc2c(c1)/C(=C/C(=O)c1ccc(NC(=O)OCC(C)C)cc1)NC(C)(C)C2. The lowest BCUT2D eigenvalue weighted by molar-refractivity contribution is 0.104. The van der Waals surface area contributed by atoms with Crippen molar-refractivity contribution >= 4 is 23.3 Å². The van der Waals surface area contributed by atoms with Crippen molar-refractivity contribution in [3.8, 4) is 5.75 Å². The van der Waals surface area contributed by atoms with E-state index in [1.54, 1.807) is 37.5 Å². The Balaban J connectivity index is 1.78. The van der Waals surface area contributed by atoms with E-state index < -0.39 is 6.09 Å². The van der Waals surface area contributed by atoms with E-state index in [0.29, 0.717) is 17.9 Å². The number of ketones is 1. The third kappa shape index (κ3) is 5.87. The molecule has 0 spiro atoms. The predicted molar refractivity (Wildman–Crippen MR) is 122 cm³/mol. The summed E-state index contributed by atoms with van der Waals surface area (Å²) in [5, 5.41) is 6.14. The van der Waals surface area contributed by atoms with Crippen molar-refractivity contribution < 1.29 is 19.1 Å². The minimum atomic E-state index is -0.505. The number of anilines is 1. The predicted octanol–water partition coefficient (Wildman–Crippen LogP) is 5.05. The molecule has 1 heterocycles. The molecule has 0 saturated heterocycles. The quantitative estimate of drug-likeness (QED) is 0.503. The highest BCUT2D eigenvalue weighted by atomic mass is 16.5. The summed E-state index contributed by atoms with van der Waals surface area (Å²) in [6.07, 6.45) is 1.97. The van der Waals surface area contributed by atoms with Gasteiger partial charge in [-0.05, 0) is 68.1 Å². The first-order valence-corrected chi connectivity index (χ1v) is 10.4. The zero-order valence-electron chi connectivity index (χ0n) is 18.7. The molecule has 6 nitrogen and oxygen atoms in total. The summed E-state index contributed by atoms with van der Waals surface area (Å²) >= 11 is 0. The Labute approximate surface area is 183 Å². The molecule has 1 amide bonds. The normalized spacial score (nSPS) is 15.7. The highest BCUT2D eigenvalue weighted by molar-refractivity contribution is 6.09. The van der Waals surface area contributed by atoms with Crippen LogP contribution in [0.3, 0.4) is 0 Å². The van der Waals surface area contributed by atoms with Gasteiger partial charge in [-0.1, -0.05) is 19.9 Å². The summed E-state index contributed by atoms with van der Waals surface area (Å²) in [5.41, 5.74) is 3.85. The van der Waals surface area contributed by atoms with Crippen LogP contribution in [0.5, 0.6) is 5.75 Å². The molecule has 6 heteroatoms. The molecule has 0 aromatic heterocycles. The van der Waals surface area contributed by atoms with Crippen LogP contribution in [0.15, 0.2) is 48.5 Å². The molecule has 0 saturated carbocycles. The molecule has 0 atom stereocenters. The van der Waals surface area contributed by atoms with Gasteiger partial charge in [0.05, 0.1) is 13.7 Å². The molecule has 164 valence electrons. The maximum absolute atomic E-state index is 12.9. The highest BCUT2D eigenvalue weighted by Gasteiger charge is 2.28. The summed E-state index contributed by atoms with van der Waals surface area (Å²) in [6, 6.07) is 12.7. The van der Waals surface area contributed by atoms with E-state index in [9.17, 15) is 9.59 Å². The Morgan fingerprint density at radius 3 is 2.52 bits per heavy atom. The van der Waals surface area contributed by atoms with E-state index in [1.165, 1.54) is 5.56 Å². The van der Waals surface area contributed by atoms with Crippen molar-refractivity contribution in [2.24, 2.45) is 5.92 Å². The molecule has 1 aliphatic heterocycles. The number of carbonyl (C=O) groups is 2. The second-order valence-electron chi connectivity index (χ2n) is 8.83. The number of benzene rings is 2. The molecule has 0 radical (unpaired) electrons. The minimum Gasteiger partial charge on any atom is -0.497 e. The van der Waals surface area contributed by atoms with Crippen molar-refractivity contribution in [2.45, 2.75) is 39.7 Å². The smallest absolute Gasteiger partial charge is 0.411 e. The zero-order chi connectivity index (χ0) is 22.6. The molecule has 0 aliphatic carbocycles. The fourth-order valence-corrected chi connectivity index (χ4v) is 3.48. The first-order valence-electron chi connectivity index (χ1n) is 10.4. The average molecular weight is 423 g/mol. The second kappa shape index (κ2) is 9.25. The lowest BCUT2D eigenvalue weighted by Crippen LogP contribution is -2.43. The number of rotatable bonds is 6. The van der Waals surface area contributed by atoms with Gasteiger partial charge in [0.25, 0.3) is 0 Å². The molecule has 2 aromatic carbocycles. The highest BCUT2D eigenvalue weighted by Crippen LogP contribution is 2.32. The molecule has 3 rings (SSSR count). The standard InChI is InChI=1S/C25H30N2O4/c1-16(2)15-31-24(29)26-19-9-6-17(7-10-19)23(28)13-22-21-12-20(30-5)11-8-18(21)14-25(3,4)27-22/h6-13,16,27H,14-15H2,1-5H3,(H,26,29)/b22-13-. The molecular formula is C25H30N2O4. The number of ether oxygens (including phenoxy) is 2. The Hall–Kier alpha value is -3.28. The summed E-state index contributed by atoms with van der Waals surface area (Å²) in [6.45, 7) is 8.51. The number of nitrogens with one attached hydrogen (secondary N) is 2. The van der Waals surface area contributed by atoms with Crippen molar-refractivity contribution in [2.75, 3.05) is 19.0 Å². The fourth-order valence-electron chi connectivity index (χ4n) is 3.48. The molecule has 0 bridgehead atoms. The second-order valence-corrected chi connectivity index (χ2v) is 8.83. The number of allylic oxidation sites excluding steroid dienone is 1. The Morgan fingerprint density at radius 1 is 1.16 bits per heavy atom. The molecular weight excluding hydrogens is 392 g/mol. The maximum Gasteiger partial charge on any atom is 0.411 e. The third-order valence-corrected chi connectivity index (χ3v) is 4.95. The Morgan fingerprint density at radius 2 is 1.87 bits per heavy atom. The first-order chi connectivity index (χ1) is 14.7. The lowest BCUT2D eigenvalue weighted by Gasteiger charge is -2.35. The van der Waals surface area contributed by atoms with Gasteiger partial charge in [-0.3, -0.25) is 10.1 Å². The van der Waals surface area contributed by atoms with E-state index >= 15 is 0 Å². The molecule has 0 fully saturated rings. The van der Waals surface area contributed by atoms with E-state index in [-0.39, 0.29) is 17.2 Å². The van der Waals surface area contributed by atoms with Gasteiger partial charge in [-0.15, -0.1) is 0 Å². The lowest BCUT2D eigenvalue weighted by atomic mass is 9.85. The number of hydrogen-bond donors (Lipinski definition) is 2. The van der Waals surface area contributed by atoms with Gasteiger partial charge in [0, 0.05) is 34.1 Å². The van der Waals surface area contributed by atoms with Gasteiger partial charge >= 0.3 is 6.09 Å². The van der Waals surface area contributed by atoms with Gasteiger partial charge in [0.2, 0.25) is 0 Å². The van der Waals surface area contributed by atoms with Crippen LogP contribution in [0.4, 0.5) is 10.5 Å². The zero-order valence-corrected chi connectivity index (χ0v) is 18.7. The van der Waals surface area contributed by atoms with Gasteiger partial charge in [-0.25, -0.2) is 4.79 Å². The fraction of sp³-hybridized carbons (Fsp3) is 0.360. The van der Waals surface area contributed by atoms with Crippen molar-refractivity contribution in [3.05, 3.63) is 65.2 Å². The molecule has 0 unspecified atom stereocenters. The summed E-state index contributed by atoms with van der Waals surface area (Å²) < 4.78 is 10.5. The van der Waals surface area contributed by atoms with Crippen LogP contribution >= 0.6 is 0 Å². The Bertz CT molecular complexity index is 991. The number of methoxy groups -OCH3 is 1. The Kier molecular flexibility index (Phi) is 6.68. The number of amides is 1. The molecule has 1 aliphatic rings. The van der Waals surface area contributed by atoms with Crippen LogP contribution in [0.25, 0.3) is 5.70 Å². The molecule has 2 N–H and O–H groups in total. The van der Waals surface area contributed by atoms with Crippen molar-refractivity contribution in [1.29, 1.82) is 0 Å². The van der Waals surface area contributed by atoms with Crippen LogP contribution in [0.2, 0.25) is 0 Å². The van der Waals surface area contributed by atoms with Crippen LogP contribution in [-0.2, 0) is 11.2 Å². The maximum atomic E-state index is 12.9. The minimum absolute atomic E-state index is 0.122. The van der Waals surface area contributed by atoms with Crippen molar-refractivity contribution in [3.63, 3.8) is 0 Å². The van der Waals surface area contributed by atoms with Gasteiger partial charge in [-0.2, -0.15) is 0 Å². The van der Waals surface area contributed by atoms with E-state index in [1.807, 2.05) is 32.0 Å². The van der Waals surface area contributed by atoms with E-state index in [4.69, 9.17) is 9.47 Å².